The first-order valence-corrected chi connectivity index (χ1v) is 15.9. The minimum Gasteiger partial charge on any atom is -0.494 e. The van der Waals surface area contributed by atoms with E-state index in [1.54, 1.807) is 4.57 Å². The topological polar surface area (TPSA) is 77.6 Å². The summed E-state index contributed by atoms with van der Waals surface area (Å²) in [6.07, 6.45) is 1.93. The van der Waals surface area contributed by atoms with E-state index >= 15 is 0 Å². The molecule has 1 amide bonds. The van der Waals surface area contributed by atoms with E-state index < -0.39 is 6.04 Å². The van der Waals surface area contributed by atoms with Gasteiger partial charge in [0.15, 0.2) is 4.80 Å². The molecule has 9 heteroatoms. The van der Waals surface area contributed by atoms with Crippen molar-refractivity contribution in [2.24, 2.45) is 4.99 Å². The number of aryl methyl sites for hydroxylation is 1. The first-order chi connectivity index (χ1) is 21.2. The van der Waals surface area contributed by atoms with Crippen LogP contribution in [0.5, 0.6) is 5.75 Å². The van der Waals surface area contributed by atoms with Crippen LogP contribution < -0.4 is 24.9 Å². The van der Waals surface area contributed by atoms with Gasteiger partial charge in [0.1, 0.15) is 5.75 Å². The van der Waals surface area contributed by atoms with Crippen molar-refractivity contribution in [2.45, 2.75) is 33.7 Å². The molecule has 5 aromatic rings. The number of nitrogens with one attached hydrogen (secondary N) is 1. The van der Waals surface area contributed by atoms with Crippen LogP contribution >= 0.6 is 27.3 Å². The molecule has 0 spiro atoms. The Morgan fingerprint density at radius 3 is 2.41 bits per heavy atom. The van der Waals surface area contributed by atoms with Crippen molar-refractivity contribution in [3.05, 3.63) is 143 Å². The summed E-state index contributed by atoms with van der Waals surface area (Å²) in [4.78, 5) is 33.4. The fourth-order valence-corrected chi connectivity index (χ4v) is 6.92. The Kier molecular flexibility index (Phi) is 8.25. The Bertz CT molecular complexity index is 2070. The van der Waals surface area contributed by atoms with Crippen molar-refractivity contribution >= 4 is 44.9 Å². The van der Waals surface area contributed by atoms with Crippen molar-refractivity contribution in [1.82, 2.24) is 9.13 Å². The molecule has 0 saturated heterocycles. The summed E-state index contributed by atoms with van der Waals surface area (Å²) in [6, 6.07) is 26.4. The number of ether oxygens (including phenoxy) is 1. The zero-order valence-electron chi connectivity index (χ0n) is 24.8. The first-order valence-electron chi connectivity index (χ1n) is 14.3. The molecular weight excluding hydrogens is 636 g/mol. The number of fused-ring (bicyclic) bond motifs is 1. The predicted molar refractivity (Wildman–Crippen MR) is 179 cm³/mol. The first kappa shape index (κ1) is 29.6. The molecule has 222 valence electrons. The molecule has 0 saturated carbocycles. The summed E-state index contributed by atoms with van der Waals surface area (Å²) >= 11 is 4.84. The van der Waals surface area contributed by atoms with Crippen molar-refractivity contribution < 1.29 is 9.53 Å². The van der Waals surface area contributed by atoms with E-state index in [-0.39, 0.29) is 11.5 Å². The Morgan fingerprint density at radius 2 is 1.73 bits per heavy atom. The average Bonchev–Trinajstić information content (AvgIpc) is 3.47. The Labute approximate surface area is 267 Å². The van der Waals surface area contributed by atoms with Gasteiger partial charge in [0.05, 0.1) is 28.5 Å². The number of halogens is 1. The fraction of sp³-hybridized carbons (Fsp3) is 0.171. The van der Waals surface area contributed by atoms with Crippen molar-refractivity contribution in [3.63, 3.8) is 0 Å². The Balaban J connectivity index is 1.48. The quantitative estimate of drug-likeness (QED) is 0.217. The van der Waals surface area contributed by atoms with E-state index in [2.05, 4.69) is 57.9 Å². The molecule has 7 nitrogen and oxygen atoms in total. The highest BCUT2D eigenvalue weighted by Gasteiger charge is 2.32. The fourth-order valence-electron chi connectivity index (χ4n) is 5.62. The number of carbonyl (C=O) groups excluding carboxylic acids is 1. The van der Waals surface area contributed by atoms with Gasteiger partial charge in [0.2, 0.25) is 0 Å². The molecule has 3 aromatic carbocycles. The van der Waals surface area contributed by atoms with Crippen LogP contribution in [0.1, 0.15) is 42.4 Å². The van der Waals surface area contributed by atoms with Gasteiger partial charge < -0.3 is 14.6 Å². The Hall–Kier alpha value is -4.47. The molecule has 0 unspecified atom stereocenters. The predicted octanol–water partition coefficient (Wildman–Crippen LogP) is 6.44. The van der Waals surface area contributed by atoms with Crippen LogP contribution in [0.3, 0.4) is 0 Å². The van der Waals surface area contributed by atoms with E-state index in [4.69, 9.17) is 9.73 Å². The lowest BCUT2D eigenvalue weighted by Crippen LogP contribution is -2.40. The number of nitrogens with zero attached hydrogens (tertiary/aromatic N) is 3. The molecule has 44 heavy (non-hydrogen) atoms. The number of hydrogen-bond donors (Lipinski definition) is 1. The van der Waals surface area contributed by atoms with Gasteiger partial charge >= 0.3 is 0 Å². The Morgan fingerprint density at radius 1 is 1.02 bits per heavy atom. The number of allylic oxidation sites excluding steroid dienone is 1. The van der Waals surface area contributed by atoms with Crippen molar-refractivity contribution in [2.75, 3.05) is 11.9 Å². The van der Waals surface area contributed by atoms with Crippen LogP contribution in [0.4, 0.5) is 5.69 Å². The van der Waals surface area contributed by atoms with E-state index in [0.29, 0.717) is 32.9 Å². The highest BCUT2D eigenvalue weighted by molar-refractivity contribution is 9.10. The minimum absolute atomic E-state index is 0.196. The molecule has 0 bridgehead atoms. The van der Waals surface area contributed by atoms with Crippen LogP contribution in [-0.4, -0.2) is 21.6 Å². The van der Waals surface area contributed by atoms with E-state index in [1.165, 1.54) is 11.3 Å². The number of para-hydroxylation sites is 1. The molecule has 2 aromatic heterocycles. The van der Waals surface area contributed by atoms with Gasteiger partial charge in [-0.2, -0.15) is 0 Å². The molecule has 0 aliphatic carbocycles. The second-order valence-electron chi connectivity index (χ2n) is 10.5. The summed E-state index contributed by atoms with van der Waals surface area (Å²) in [7, 11) is 0. The van der Waals surface area contributed by atoms with E-state index in [0.717, 1.165) is 38.4 Å². The number of hydrogen-bond acceptors (Lipinski definition) is 5. The maximum atomic E-state index is 14.2. The highest BCUT2D eigenvalue weighted by atomic mass is 79.9. The van der Waals surface area contributed by atoms with Crippen LogP contribution in [0.25, 0.3) is 11.8 Å². The number of rotatable bonds is 7. The second-order valence-corrected chi connectivity index (χ2v) is 12.5. The molecule has 1 N–H and O–H groups in total. The van der Waals surface area contributed by atoms with Gasteiger partial charge in [-0.3, -0.25) is 14.2 Å². The SMILES string of the molecule is CCOc1ccc([C@@H]2C(C(=O)Nc3ccccc3)=C(C)N=c3s/c(=C\c4cc(C)n(-c5ccc(Br)cc5)c4C)c(=O)n32)cc1. The molecule has 3 heterocycles. The zero-order valence-corrected chi connectivity index (χ0v) is 27.2. The average molecular weight is 668 g/mol. The van der Waals surface area contributed by atoms with Crippen LogP contribution in [-0.2, 0) is 4.79 Å². The summed E-state index contributed by atoms with van der Waals surface area (Å²) in [5.41, 5.74) is 6.34. The third-order valence-electron chi connectivity index (χ3n) is 7.65. The monoisotopic (exact) mass is 666 g/mol. The number of amides is 1. The van der Waals surface area contributed by atoms with E-state index in [1.807, 2.05) is 86.7 Å². The van der Waals surface area contributed by atoms with Crippen LogP contribution in [0.15, 0.2) is 110 Å². The lowest BCUT2D eigenvalue weighted by Gasteiger charge is -2.25. The molecule has 1 aliphatic rings. The lowest BCUT2D eigenvalue weighted by atomic mass is 9.95. The third kappa shape index (κ3) is 5.60. The number of aromatic nitrogens is 2. The third-order valence-corrected chi connectivity index (χ3v) is 9.16. The summed E-state index contributed by atoms with van der Waals surface area (Å²) in [5, 5.41) is 3.00. The van der Waals surface area contributed by atoms with Crippen molar-refractivity contribution in [3.8, 4) is 11.4 Å². The maximum absolute atomic E-state index is 14.2. The highest BCUT2D eigenvalue weighted by Crippen LogP contribution is 2.32. The molecule has 1 aliphatic heterocycles. The van der Waals surface area contributed by atoms with E-state index in [9.17, 15) is 9.59 Å². The number of anilines is 1. The molecular formula is C35H31BrN4O3S. The second kappa shape index (κ2) is 12.3. The van der Waals surface area contributed by atoms with Crippen molar-refractivity contribution in [1.29, 1.82) is 0 Å². The van der Waals surface area contributed by atoms with Gasteiger partial charge in [0, 0.05) is 27.2 Å². The zero-order chi connectivity index (χ0) is 31.0. The summed E-state index contributed by atoms with van der Waals surface area (Å²) < 4.78 is 11.0. The number of carbonyl (C=O) groups is 1. The van der Waals surface area contributed by atoms with Gasteiger partial charge in [-0.1, -0.05) is 57.6 Å². The maximum Gasteiger partial charge on any atom is 0.271 e. The molecule has 0 fully saturated rings. The molecule has 6 rings (SSSR count). The minimum atomic E-state index is -0.664. The largest absolute Gasteiger partial charge is 0.494 e. The smallest absolute Gasteiger partial charge is 0.271 e. The van der Waals surface area contributed by atoms with Crippen LogP contribution in [0.2, 0.25) is 0 Å². The van der Waals surface area contributed by atoms with Gasteiger partial charge in [-0.05, 0) is 99.5 Å². The lowest BCUT2D eigenvalue weighted by molar-refractivity contribution is -0.113. The molecule has 1 atom stereocenters. The normalized spacial score (nSPS) is 14.8. The number of thiazole rings is 1. The summed E-state index contributed by atoms with van der Waals surface area (Å²) in [6.45, 7) is 8.41. The van der Waals surface area contributed by atoms with Gasteiger partial charge in [-0.15, -0.1) is 0 Å². The molecule has 0 radical (unpaired) electrons. The van der Waals surface area contributed by atoms with Gasteiger partial charge in [-0.25, -0.2) is 4.99 Å². The standard InChI is InChI=1S/C35H31BrN4O3S/c1-5-43-29-17-11-24(12-18-29)32-31(33(41)38-27-9-7-6-8-10-27)22(3)37-35-40(32)34(42)30(44-35)20-25-19-21(2)39(23(25)4)28-15-13-26(36)14-16-28/h6-20,32H,5H2,1-4H3,(H,38,41)/b30-20-/t32-/m1/s1. The number of benzene rings is 3. The van der Waals surface area contributed by atoms with Crippen LogP contribution in [0, 0.1) is 13.8 Å². The summed E-state index contributed by atoms with van der Waals surface area (Å²) in [5.74, 6) is 0.421. The van der Waals surface area contributed by atoms with Gasteiger partial charge in [0.25, 0.3) is 11.5 Å².